The molecule has 4 aromatic rings. The van der Waals surface area contributed by atoms with Crippen molar-refractivity contribution in [3.63, 3.8) is 0 Å². The van der Waals surface area contributed by atoms with Crippen LogP contribution >= 0.6 is 34.7 Å². The number of nitrogen functional groups attached to an aromatic ring is 1. The number of carboxylic acids is 2. The molecule has 290 valence electrons. The maximum Gasteiger partial charge on any atom is 0.348 e. The number of fused-ring (bicyclic) bond motifs is 2. The molecule has 6 heterocycles. The second-order valence-electron chi connectivity index (χ2n) is 12.4. The van der Waals surface area contributed by atoms with E-state index in [2.05, 4.69) is 36.1 Å². The van der Waals surface area contributed by atoms with Gasteiger partial charge in [-0.3, -0.25) is 24.1 Å². The summed E-state index contributed by atoms with van der Waals surface area (Å²) in [6, 6.07) is 5.00. The van der Waals surface area contributed by atoms with Crippen LogP contribution in [0.4, 0.5) is 10.8 Å². The highest BCUT2D eigenvalue weighted by molar-refractivity contribution is 8.00. The fraction of sp³-hybridized carbons (Fsp3) is 0.281. The number of aromatic hydroxyl groups is 2. The summed E-state index contributed by atoms with van der Waals surface area (Å²) in [5, 5.41) is 59.4. The number of pyridine rings is 1. The number of benzene rings is 1. The number of thioether (sulfide) groups is 1. The molecule has 0 unspecified atom stereocenters. The molecule has 3 aliphatic rings. The number of anilines is 2. The number of aromatic amines is 1. The van der Waals surface area contributed by atoms with Crippen molar-refractivity contribution in [2.75, 3.05) is 22.9 Å². The molecule has 0 radical (unpaired) electrons. The summed E-state index contributed by atoms with van der Waals surface area (Å²) in [7, 11) is 0. The van der Waals surface area contributed by atoms with Crippen molar-refractivity contribution in [3.05, 3.63) is 69.2 Å². The predicted molar refractivity (Wildman–Crippen MR) is 195 cm³/mol. The van der Waals surface area contributed by atoms with Crippen LogP contribution in [0.25, 0.3) is 5.70 Å². The van der Waals surface area contributed by atoms with E-state index in [4.69, 9.17) is 27.3 Å². The zero-order valence-electron chi connectivity index (χ0n) is 28.5. The molecule has 7 rings (SSSR count). The number of H-pyrrole nitrogens is 1. The standard InChI is InChI=1S/C32H28ClN11O10S2/c33-21-14(5-6-18(45)25(21)48)28(50)43-8-2-3-16-17(43)4-1-7-42(16)10-13-11-55-30-23(29(51)44(30)24(13)26-37-40-41-38-26)36-27(49)22(15-12-56-32(34)35-15)39-54-19(31(52)53)9-20(46)47/h1,4-7,12,19,23,30H,2-3,8-11H2,(H7-,34,35,36,37,38,39,40,41,45,46,47,48,49,50,52,53)/p+1/t19-,23+,30+/m0/s1. The molecule has 0 bridgehead atoms. The number of nitrogens with one attached hydrogen (secondary N) is 2. The van der Waals surface area contributed by atoms with Crippen LogP contribution in [0, 0.1) is 0 Å². The average molecular weight is 827 g/mol. The molecule has 8 N–H and O–H groups in total. The van der Waals surface area contributed by atoms with Gasteiger partial charge in [-0.15, -0.1) is 28.2 Å². The number of thiazole rings is 1. The van der Waals surface area contributed by atoms with Crippen LogP contribution in [0.5, 0.6) is 11.5 Å². The van der Waals surface area contributed by atoms with Crippen molar-refractivity contribution in [3.8, 4) is 11.5 Å². The number of nitrogens with zero attached hydrogens (tertiary/aromatic N) is 8. The SMILES string of the molecule is Nc1nc(/C(=N/O[C@@H](CC(=O)O)C(=O)O)C(=O)N[C@@H]2C(=O)N3C(c4nnn[nH]4)=C(C[n+]4cccc5c4CCCN5C(=O)c4ccc(O)c(O)c4Cl)CS[C@H]23)cs1. The number of nitrogens with two attached hydrogens (primary N) is 1. The Kier molecular flexibility index (Phi) is 10.5. The molecular formula is C32H29ClN11O10S2+. The number of hydrogen-bond donors (Lipinski definition) is 7. The fourth-order valence-electron chi connectivity index (χ4n) is 6.39. The number of oxime groups is 1. The number of aliphatic carboxylic acids is 2. The van der Waals surface area contributed by atoms with E-state index in [0.717, 1.165) is 22.6 Å². The van der Waals surface area contributed by atoms with Gasteiger partial charge in [0.1, 0.15) is 22.8 Å². The molecular weight excluding hydrogens is 798 g/mol. The van der Waals surface area contributed by atoms with Gasteiger partial charge in [-0.05, 0) is 35.0 Å². The second-order valence-corrected chi connectivity index (χ2v) is 14.8. The zero-order chi connectivity index (χ0) is 39.8. The van der Waals surface area contributed by atoms with Crippen LogP contribution in [-0.4, -0.2) is 116 Å². The Morgan fingerprint density at radius 1 is 1.21 bits per heavy atom. The van der Waals surface area contributed by atoms with E-state index in [1.807, 2.05) is 10.8 Å². The van der Waals surface area contributed by atoms with Crippen LogP contribution in [0.2, 0.25) is 5.02 Å². The Morgan fingerprint density at radius 2 is 2.02 bits per heavy atom. The first-order chi connectivity index (χ1) is 26.8. The monoisotopic (exact) mass is 826 g/mol. The molecule has 1 aromatic carbocycles. The minimum atomic E-state index is -1.92. The Bertz CT molecular complexity index is 2340. The van der Waals surface area contributed by atoms with E-state index >= 15 is 0 Å². The molecule has 1 fully saturated rings. The Balaban J connectivity index is 1.15. The lowest BCUT2D eigenvalue weighted by atomic mass is 10.0. The normalized spacial score (nSPS) is 18.4. The summed E-state index contributed by atoms with van der Waals surface area (Å²) in [5.41, 5.74) is 7.69. The van der Waals surface area contributed by atoms with Crippen molar-refractivity contribution in [2.45, 2.75) is 43.3 Å². The van der Waals surface area contributed by atoms with Crippen LogP contribution in [0.1, 0.15) is 40.4 Å². The van der Waals surface area contributed by atoms with Gasteiger partial charge in [-0.2, -0.15) is 4.57 Å². The van der Waals surface area contributed by atoms with E-state index in [-0.39, 0.29) is 33.8 Å². The third-order valence-corrected chi connectivity index (χ3v) is 11.4. The van der Waals surface area contributed by atoms with E-state index in [0.29, 0.717) is 36.5 Å². The summed E-state index contributed by atoms with van der Waals surface area (Å²) in [4.78, 5) is 75.8. The smallest absolute Gasteiger partial charge is 0.348 e. The number of halogens is 1. The molecule has 0 aliphatic carbocycles. The topological polar surface area (TPSA) is 304 Å². The number of phenols is 2. The lowest BCUT2D eigenvalue weighted by Crippen LogP contribution is -2.70. The van der Waals surface area contributed by atoms with Crippen molar-refractivity contribution in [1.82, 2.24) is 35.8 Å². The highest BCUT2D eigenvalue weighted by Crippen LogP contribution is 2.44. The largest absolute Gasteiger partial charge is 0.504 e. The van der Waals surface area contributed by atoms with E-state index in [1.165, 1.54) is 34.2 Å². The van der Waals surface area contributed by atoms with Crippen molar-refractivity contribution >= 4 is 86.6 Å². The van der Waals surface area contributed by atoms with Gasteiger partial charge in [0.25, 0.3) is 17.7 Å². The van der Waals surface area contributed by atoms with Gasteiger partial charge in [0.05, 0.1) is 22.7 Å². The fourth-order valence-corrected chi connectivity index (χ4v) is 8.51. The van der Waals surface area contributed by atoms with E-state index < -0.39 is 70.8 Å². The van der Waals surface area contributed by atoms with Crippen LogP contribution in [0.15, 0.2) is 46.6 Å². The summed E-state index contributed by atoms with van der Waals surface area (Å²) in [5.74, 6) is -5.56. The second kappa shape index (κ2) is 15.4. The van der Waals surface area contributed by atoms with Crippen LogP contribution in [-0.2, 0) is 37.0 Å². The number of rotatable bonds is 12. The minimum Gasteiger partial charge on any atom is -0.504 e. The zero-order valence-corrected chi connectivity index (χ0v) is 30.9. The molecule has 21 nitrogen and oxygen atoms in total. The summed E-state index contributed by atoms with van der Waals surface area (Å²) in [6.45, 7) is 0.623. The molecule has 56 heavy (non-hydrogen) atoms. The first-order valence-electron chi connectivity index (χ1n) is 16.5. The molecule has 0 spiro atoms. The summed E-state index contributed by atoms with van der Waals surface area (Å²) in [6.07, 6.45) is 0.176. The van der Waals surface area contributed by atoms with Gasteiger partial charge >= 0.3 is 11.9 Å². The molecule has 0 saturated carbocycles. The number of phenolic OH excluding ortho intramolecular Hbond substituents is 2. The predicted octanol–water partition coefficient (Wildman–Crippen LogP) is 0.344. The molecule has 24 heteroatoms. The van der Waals surface area contributed by atoms with E-state index in [1.54, 1.807) is 17.0 Å². The Hall–Kier alpha value is -6.33. The lowest BCUT2D eigenvalue weighted by Gasteiger charge is -2.49. The number of carbonyl (C=O) groups excluding carboxylic acids is 3. The van der Waals surface area contributed by atoms with Crippen molar-refractivity contribution < 1.29 is 53.8 Å². The third kappa shape index (κ3) is 7.13. The van der Waals surface area contributed by atoms with Crippen molar-refractivity contribution in [1.29, 1.82) is 0 Å². The van der Waals surface area contributed by atoms with Gasteiger partial charge in [0.15, 0.2) is 40.9 Å². The number of hydrogen-bond acceptors (Lipinski definition) is 16. The number of carboxylic acid groups (broad SMARTS) is 2. The van der Waals surface area contributed by atoms with Gasteiger partial charge in [-0.1, -0.05) is 16.8 Å². The number of amides is 3. The van der Waals surface area contributed by atoms with Gasteiger partial charge in [-0.25, -0.2) is 14.9 Å². The average Bonchev–Trinajstić information content (AvgIpc) is 3.87. The Morgan fingerprint density at radius 3 is 2.71 bits per heavy atom. The summed E-state index contributed by atoms with van der Waals surface area (Å²) < 4.78 is 1.95. The number of β-lactam (4-membered cyclic amide) rings is 1. The maximum absolute atomic E-state index is 13.9. The number of aromatic nitrogens is 6. The molecule has 3 aromatic heterocycles. The molecule has 3 aliphatic heterocycles. The third-order valence-electron chi connectivity index (χ3n) is 8.97. The number of tetrazole rings is 1. The van der Waals surface area contributed by atoms with Crippen LogP contribution < -0.4 is 20.5 Å². The van der Waals surface area contributed by atoms with E-state index in [9.17, 15) is 39.3 Å². The molecule has 3 atom stereocenters. The maximum atomic E-state index is 13.9. The molecule has 1 saturated heterocycles. The van der Waals surface area contributed by atoms with Gasteiger partial charge in [0.2, 0.25) is 11.8 Å². The first-order valence-corrected chi connectivity index (χ1v) is 18.8. The summed E-state index contributed by atoms with van der Waals surface area (Å²) >= 11 is 8.54. The quantitative estimate of drug-likeness (QED) is 0.0333. The molecule has 3 amide bonds. The first kappa shape index (κ1) is 38.0. The minimum absolute atomic E-state index is 0.0185. The highest BCUT2D eigenvalue weighted by Gasteiger charge is 2.54. The lowest BCUT2D eigenvalue weighted by molar-refractivity contribution is -0.695. The number of carbonyl (C=O) groups is 5. The van der Waals surface area contributed by atoms with Crippen LogP contribution in [0.3, 0.4) is 0 Å². The Labute approximate surface area is 327 Å². The van der Waals surface area contributed by atoms with Gasteiger partial charge in [0, 0.05) is 35.7 Å². The highest BCUT2D eigenvalue weighted by atomic mass is 35.5. The van der Waals surface area contributed by atoms with Gasteiger partial charge < -0.3 is 41.2 Å². The van der Waals surface area contributed by atoms with Crippen molar-refractivity contribution in [2.24, 2.45) is 5.16 Å².